The number of benzene rings is 1. The average molecular weight is 305 g/mol. The smallest absolute Gasteiger partial charge is 0.277 e. The lowest BCUT2D eigenvalue weighted by Crippen LogP contribution is -2.33. The molecule has 1 aromatic heterocycles. The molecule has 112 valence electrons. The molecule has 1 unspecified atom stereocenters. The van der Waals surface area contributed by atoms with Crippen molar-refractivity contribution in [1.29, 1.82) is 0 Å². The molecule has 1 amide bonds. The van der Waals surface area contributed by atoms with Crippen LogP contribution in [0.1, 0.15) is 20.8 Å². The SMILES string of the molecule is CC(C)CNC(=O)C(C)Sc1nnc(-c2ccccc2)o1. The number of rotatable bonds is 6. The molecule has 0 fully saturated rings. The first-order valence-electron chi connectivity index (χ1n) is 6.89. The van der Waals surface area contributed by atoms with Gasteiger partial charge in [-0.1, -0.05) is 43.8 Å². The molecule has 0 aliphatic carbocycles. The largest absolute Gasteiger partial charge is 0.411 e. The highest BCUT2D eigenvalue weighted by Gasteiger charge is 2.18. The second-order valence-electron chi connectivity index (χ2n) is 5.14. The maximum Gasteiger partial charge on any atom is 0.277 e. The highest BCUT2D eigenvalue weighted by molar-refractivity contribution is 8.00. The summed E-state index contributed by atoms with van der Waals surface area (Å²) in [6.07, 6.45) is 0. The van der Waals surface area contributed by atoms with E-state index < -0.39 is 0 Å². The fourth-order valence-electron chi connectivity index (χ4n) is 1.61. The molecule has 0 saturated heterocycles. The van der Waals surface area contributed by atoms with Crippen LogP contribution >= 0.6 is 11.8 Å². The summed E-state index contributed by atoms with van der Waals surface area (Å²) in [7, 11) is 0. The van der Waals surface area contributed by atoms with E-state index in [1.165, 1.54) is 11.8 Å². The Bertz CT molecular complexity index is 584. The lowest BCUT2D eigenvalue weighted by Gasteiger charge is -2.11. The summed E-state index contributed by atoms with van der Waals surface area (Å²) < 4.78 is 5.58. The van der Waals surface area contributed by atoms with E-state index in [1.807, 2.05) is 37.3 Å². The van der Waals surface area contributed by atoms with E-state index in [9.17, 15) is 4.79 Å². The minimum absolute atomic E-state index is 0.0202. The van der Waals surface area contributed by atoms with Gasteiger partial charge in [0.2, 0.25) is 11.8 Å². The zero-order valence-corrected chi connectivity index (χ0v) is 13.2. The quantitative estimate of drug-likeness (QED) is 0.831. The Morgan fingerprint density at radius 2 is 1.95 bits per heavy atom. The summed E-state index contributed by atoms with van der Waals surface area (Å²) in [6.45, 7) is 6.61. The van der Waals surface area contributed by atoms with E-state index in [4.69, 9.17) is 4.42 Å². The number of aromatic nitrogens is 2. The Morgan fingerprint density at radius 1 is 1.24 bits per heavy atom. The van der Waals surface area contributed by atoms with Crippen LogP contribution < -0.4 is 5.32 Å². The first-order valence-corrected chi connectivity index (χ1v) is 7.77. The Labute approximate surface area is 128 Å². The molecular weight excluding hydrogens is 286 g/mol. The van der Waals surface area contributed by atoms with Crippen LogP contribution in [0.3, 0.4) is 0 Å². The van der Waals surface area contributed by atoms with Crippen LogP contribution in [0.15, 0.2) is 40.0 Å². The first-order chi connectivity index (χ1) is 10.1. The molecule has 0 aliphatic rings. The molecule has 0 bridgehead atoms. The summed E-state index contributed by atoms with van der Waals surface area (Å²) >= 11 is 1.27. The summed E-state index contributed by atoms with van der Waals surface area (Å²) in [5.41, 5.74) is 0.869. The van der Waals surface area contributed by atoms with Crippen molar-refractivity contribution in [2.75, 3.05) is 6.54 Å². The molecule has 1 heterocycles. The lowest BCUT2D eigenvalue weighted by atomic mass is 10.2. The highest BCUT2D eigenvalue weighted by atomic mass is 32.2. The van der Waals surface area contributed by atoms with Crippen LogP contribution in [0.25, 0.3) is 11.5 Å². The van der Waals surface area contributed by atoms with E-state index in [1.54, 1.807) is 0 Å². The van der Waals surface area contributed by atoms with Crippen molar-refractivity contribution in [1.82, 2.24) is 15.5 Å². The number of carbonyl (C=O) groups is 1. The van der Waals surface area contributed by atoms with Crippen molar-refractivity contribution >= 4 is 17.7 Å². The third-order valence-corrected chi connectivity index (χ3v) is 3.69. The number of amides is 1. The van der Waals surface area contributed by atoms with Gasteiger partial charge in [0.05, 0.1) is 5.25 Å². The van der Waals surface area contributed by atoms with Gasteiger partial charge >= 0.3 is 0 Å². The van der Waals surface area contributed by atoms with Gasteiger partial charge in [0.15, 0.2) is 0 Å². The summed E-state index contributed by atoms with van der Waals surface area (Å²) in [6, 6.07) is 9.56. The number of hydrogen-bond acceptors (Lipinski definition) is 5. The molecule has 5 nitrogen and oxygen atoms in total. The Hall–Kier alpha value is -1.82. The predicted molar refractivity (Wildman–Crippen MR) is 82.9 cm³/mol. The van der Waals surface area contributed by atoms with E-state index in [-0.39, 0.29) is 11.2 Å². The van der Waals surface area contributed by atoms with E-state index in [2.05, 4.69) is 29.4 Å². The van der Waals surface area contributed by atoms with Gasteiger partial charge < -0.3 is 9.73 Å². The summed E-state index contributed by atoms with van der Waals surface area (Å²) in [5.74, 6) is 0.875. The molecule has 0 saturated carbocycles. The van der Waals surface area contributed by atoms with E-state index in [0.29, 0.717) is 23.6 Å². The van der Waals surface area contributed by atoms with Crippen LogP contribution in [0, 0.1) is 5.92 Å². The van der Waals surface area contributed by atoms with Crippen molar-refractivity contribution in [2.45, 2.75) is 31.2 Å². The van der Waals surface area contributed by atoms with Gasteiger partial charge in [0, 0.05) is 12.1 Å². The topological polar surface area (TPSA) is 68.0 Å². The van der Waals surface area contributed by atoms with Gasteiger partial charge in [-0.25, -0.2) is 0 Å². The van der Waals surface area contributed by atoms with E-state index in [0.717, 1.165) is 5.56 Å². The fourth-order valence-corrected chi connectivity index (χ4v) is 2.32. The number of nitrogens with zero attached hydrogens (tertiary/aromatic N) is 2. The molecule has 0 spiro atoms. The number of nitrogens with one attached hydrogen (secondary N) is 1. The monoisotopic (exact) mass is 305 g/mol. The molecule has 2 rings (SSSR count). The molecule has 2 aromatic rings. The molecule has 1 aromatic carbocycles. The Balaban J connectivity index is 1.95. The van der Waals surface area contributed by atoms with E-state index >= 15 is 0 Å². The zero-order valence-electron chi connectivity index (χ0n) is 12.4. The standard InChI is InChI=1S/C15H19N3O2S/c1-10(2)9-16-13(19)11(3)21-15-18-17-14(20-15)12-7-5-4-6-8-12/h4-8,10-11H,9H2,1-3H3,(H,16,19). The van der Waals surface area contributed by atoms with Gasteiger partial charge in [0.25, 0.3) is 5.22 Å². The molecule has 0 radical (unpaired) electrons. The van der Waals surface area contributed by atoms with Gasteiger partial charge in [-0.2, -0.15) is 0 Å². The van der Waals surface area contributed by atoms with Crippen molar-refractivity contribution in [3.8, 4) is 11.5 Å². The molecule has 1 atom stereocenters. The van der Waals surface area contributed by atoms with Crippen molar-refractivity contribution in [3.05, 3.63) is 30.3 Å². The van der Waals surface area contributed by atoms with Crippen LogP contribution in [0.2, 0.25) is 0 Å². The highest BCUT2D eigenvalue weighted by Crippen LogP contribution is 2.25. The van der Waals surface area contributed by atoms with Crippen molar-refractivity contribution in [2.24, 2.45) is 5.92 Å². The minimum Gasteiger partial charge on any atom is -0.411 e. The number of thioether (sulfide) groups is 1. The second-order valence-corrected chi connectivity index (χ2v) is 6.43. The van der Waals surface area contributed by atoms with Gasteiger partial charge in [-0.15, -0.1) is 10.2 Å². The fraction of sp³-hybridized carbons (Fsp3) is 0.400. The van der Waals surface area contributed by atoms with Crippen LogP contribution in [0.5, 0.6) is 0 Å². The maximum absolute atomic E-state index is 11.9. The van der Waals surface area contributed by atoms with Crippen molar-refractivity contribution in [3.63, 3.8) is 0 Å². The van der Waals surface area contributed by atoms with Crippen LogP contribution in [-0.4, -0.2) is 27.9 Å². The van der Waals surface area contributed by atoms with Crippen molar-refractivity contribution < 1.29 is 9.21 Å². The third-order valence-electron chi connectivity index (χ3n) is 2.76. The lowest BCUT2D eigenvalue weighted by molar-refractivity contribution is -0.120. The molecule has 21 heavy (non-hydrogen) atoms. The first kappa shape index (κ1) is 15.6. The molecule has 1 N–H and O–H groups in total. The zero-order chi connectivity index (χ0) is 15.2. The Kier molecular flexibility index (Phi) is 5.38. The maximum atomic E-state index is 11.9. The van der Waals surface area contributed by atoms with Gasteiger partial charge in [-0.05, 0) is 25.0 Å². The number of hydrogen-bond donors (Lipinski definition) is 1. The minimum atomic E-state index is -0.271. The molecule has 0 aliphatic heterocycles. The number of carbonyl (C=O) groups excluding carboxylic acids is 1. The van der Waals surface area contributed by atoms with Gasteiger partial charge in [0.1, 0.15) is 0 Å². The summed E-state index contributed by atoms with van der Waals surface area (Å²) in [5, 5.41) is 11.0. The molecule has 6 heteroatoms. The summed E-state index contributed by atoms with van der Waals surface area (Å²) in [4.78, 5) is 11.9. The van der Waals surface area contributed by atoms with Gasteiger partial charge in [-0.3, -0.25) is 4.79 Å². The normalized spacial score (nSPS) is 12.4. The average Bonchev–Trinajstić information content (AvgIpc) is 2.94. The molecular formula is C15H19N3O2S. The van der Waals surface area contributed by atoms with Crippen LogP contribution in [0.4, 0.5) is 0 Å². The Morgan fingerprint density at radius 3 is 2.62 bits per heavy atom. The third kappa shape index (κ3) is 4.60. The predicted octanol–water partition coefficient (Wildman–Crippen LogP) is 2.99. The van der Waals surface area contributed by atoms with Crippen LogP contribution in [-0.2, 0) is 4.79 Å². The second kappa shape index (κ2) is 7.26.